The Morgan fingerprint density at radius 1 is 1.50 bits per heavy atom. The Morgan fingerprint density at radius 3 is 2.90 bits per heavy atom. The van der Waals surface area contributed by atoms with Crippen LogP contribution in [0.5, 0.6) is 5.75 Å². The quantitative estimate of drug-likeness (QED) is 0.619. The van der Waals surface area contributed by atoms with Crippen LogP contribution < -0.4 is 4.29 Å². The second-order valence-electron chi connectivity index (χ2n) is 1.72. The van der Waals surface area contributed by atoms with Gasteiger partial charge in [0.15, 0.2) is 0 Å². The molecule has 0 N–H and O–H groups in total. The van der Waals surface area contributed by atoms with E-state index >= 15 is 0 Å². The van der Waals surface area contributed by atoms with Crippen molar-refractivity contribution in [1.29, 1.82) is 5.26 Å². The predicted molar refractivity (Wildman–Crippen MR) is 37.6 cm³/mol. The third-order valence-corrected chi connectivity index (χ3v) is 1.23. The molecule has 0 bridgehead atoms. The first-order chi connectivity index (χ1) is 4.86. The summed E-state index contributed by atoms with van der Waals surface area (Å²) in [4.78, 5) is 0. The molecule has 0 unspecified atom stereocenters. The Balaban J connectivity index is 3.01. The molecule has 10 heavy (non-hydrogen) atoms. The maximum Gasteiger partial charge on any atom is 0.147 e. The summed E-state index contributed by atoms with van der Waals surface area (Å²) in [6.45, 7) is 0. The van der Waals surface area contributed by atoms with Crippen LogP contribution in [0, 0.1) is 11.3 Å². The summed E-state index contributed by atoms with van der Waals surface area (Å²) >= 11 is 5.05. The van der Waals surface area contributed by atoms with E-state index in [9.17, 15) is 0 Å². The van der Waals surface area contributed by atoms with Crippen molar-refractivity contribution < 1.29 is 4.29 Å². The lowest BCUT2D eigenvalue weighted by molar-refractivity contribution is 0.619. The van der Waals surface area contributed by atoms with Crippen LogP contribution in [-0.4, -0.2) is 0 Å². The topological polar surface area (TPSA) is 33.0 Å². The third kappa shape index (κ3) is 1.40. The molecule has 1 rings (SSSR count). The fraction of sp³-hybridized carbons (Fsp3) is 0. The molecule has 0 fully saturated rings. The van der Waals surface area contributed by atoms with Gasteiger partial charge < -0.3 is 4.29 Å². The van der Waals surface area contributed by atoms with Gasteiger partial charge in [0.1, 0.15) is 17.6 Å². The van der Waals surface area contributed by atoms with Crippen molar-refractivity contribution in [2.75, 3.05) is 0 Å². The second kappa shape index (κ2) is 3.09. The minimum absolute atomic E-state index is 0.487. The van der Waals surface area contributed by atoms with Gasteiger partial charge in [0.05, 0.1) is 11.6 Å². The zero-order chi connectivity index (χ0) is 7.40. The molecular formula is C7H4ClNO. The van der Waals surface area contributed by atoms with Crippen LogP contribution in [0.4, 0.5) is 0 Å². The second-order valence-corrected chi connectivity index (χ2v) is 1.87. The summed E-state index contributed by atoms with van der Waals surface area (Å²) in [7, 11) is 0. The standard InChI is InChI=1S/C7H4ClNO/c8-10-7-3-1-2-6(4-7)5-9/h1-4H. The monoisotopic (exact) mass is 153 g/mol. The average Bonchev–Trinajstić information content (AvgIpc) is 2.05. The zero-order valence-corrected chi connectivity index (χ0v) is 5.80. The summed E-state index contributed by atoms with van der Waals surface area (Å²) in [5, 5.41) is 8.41. The molecule has 0 heterocycles. The van der Waals surface area contributed by atoms with E-state index in [1.54, 1.807) is 24.3 Å². The summed E-state index contributed by atoms with van der Waals surface area (Å²) in [5.41, 5.74) is 0.540. The molecule has 50 valence electrons. The van der Waals surface area contributed by atoms with Gasteiger partial charge in [0, 0.05) is 6.07 Å². The molecule has 0 spiro atoms. The van der Waals surface area contributed by atoms with Crippen molar-refractivity contribution in [2.45, 2.75) is 0 Å². The SMILES string of the molecule is N#Cc1cccc(OCl)c1. The molecule has 0 saturated heterocycles. The fourth-order valence-electron chi connectivity index (χ4n) is 0.614. The number of benzene rings is 1. The van der Waals surface area contributed by atoms with Gasteiger partial charge in [0.2, 0.25) is 0 Å². The van der Waals surface area contributed by atoms with Crippen molar-refractivity contribution in [3.8, 4) is 11.8 Å². The van der Waals surface area contributed by atoms with Crippen molar-refractivity contribution in [1.82, 2.24) is 0 Å². The molecular weight excluding hydrogens is 150 g/mol. The average molecular weight is 154 g/mol. The number of nitriles is 1. The van der Waals surface area contributed by atoms with E-state index in [4.69, 9.17) is 17.1 Å². The number of halogens is 1. The van der Waals surface area contributed by atoms with Crippen LogP contribution >= 0.6 is 11.9 Å². The normalized spacial score (nSPS) is 8.40. The first-order valence-corrected chi connectivity index (χ1v) is 2.96. The Morgan fingerprint density at radius 2 is 2.30 bits per heavy atom. The molecule has 0 amide bonds. The largest absolute Gasteiger partial charge is 0.386 e. The Kier molecular flexibility index (Phi) is 2.14. The minimum Gasteiger partial charge on any atom is -0.386 e. The van der Waals surface area contributed by atoms with Gasteiger partial charge in [-0.05, 0) is 12.1 Å². The first-order valence-electron chi connectivity index (χ1n) is 2.65. The highest BCUT2D eigenvalue weighted by Gasteiger charge is 1.92. The molecule has 0 radical (unpaired) electrons. The zero-order valence-electron chi connectivity index (χ0n) is 5.04. The lowest BCUT2D eigenvalue weighted by Gasteiger charge is -1.92. The molecule has 1 aromatic carbocycles. The van der Waals surface area contributed by atoms with Crippen LogP contribution in [0.1, 0.15) is 5.56 Å². The highest BCUT2D eigenvalue weighted by Crippen LogP contribution is 2.12. The van der Waals surface area contributed by atoms with E-state index in [1.165, 1.54) is 0 Å². The van der Waals surface area contributed by atoms with Gasteiger partial charge in [-0.15, -0.1) is 0 Å². The minimum atomic E-state index is 0.487. The Hall–Kier alpha value is -1.20. The van der Waals surface area contributed by atoms with Crippen LogP contribution in [0.3, 0.4) is 0 Å². The van der Waals surface area contributed by atoms with Gasteiger partial charge in [0.25, 0.3) is 0 Å². The van der Waals surface area contributed by atoms with E-state index in [0.29, 0.717) is 11.3 Å². The molecule has 0 saturated carbocycles. The maximum absolute atomic E-state index is 8.41. The lowest BCUT2D eigenvalue weighted by Crippen LogP contribution is -1.76. The van der Waals surface area contributed by atoms with Crippen molar-refractivity contribution >= 4 is 11.9 Å². The van der Waals surface area contributed by atoms with E-state index < -0.39 is 0 Å². The smallest absolute Gasteiger partial charge is 0.147 e. The number of rotatable bonds is 1. The van der Waals surface area contributed by atoms with E-state index in [2.05, 4.69) is 4.29 Å². The van der Waals surface area contributed by atoms with Crippen molar-refractivity contribution in [2.24, 2.45) is 0 Å². The van der Waals surface area contributed by atoms with Crippen molar-refractivity contribution in [3.63, 3.8) is 0 Å². The molecule has 0 aliphatic heterocycles. The van der Waals surface area contributed by atoms with E-state index in [1.807, 2.05) is 6.07 Å². The molecule has 0 atom stereocenters. The maximum atomic E-state index is 8.41. The first kappa shape index (κ1) is 6.91. The van der Waals surface area contributed by atoms with Gasteiger partial charge in [-0.3, -0.25) is 0 Å². The number of nitrogens with zero attached hydrogens (tertiary/aromatic N) is 1. The summed E-state index contributed by atoms with van der Waals surface area (Å²) < 4.78 is 4.38. The molecule has 1 aromatic rings. The van der Waals surface area contributed by atoms with E-state index in [-0.39, 0.29) is 0 Å². The summed E-state index contributed by atoms with van der Waals surface area (Å²) in [5.74, 6) is 0.487. The molecule has 0 aliphatic rings. The van der Waals surface area contributed by atoms with Crippen LogP contribution in [0.2, 0.25) is 0 Å². The molecule has 2 nitrogen and oxygen atoms in total. The van der Waals surface area contributed by atoms with Gasteiger partial charge >= 0.3 is 0 Å². The molecule has 3 heteroatoms. The highest BCUT2D eigenvalue weighted by atomic mass is 35.5. The van der Waals surface area contributed by atoms with Crippen molar-refractivity contribution in [3.05, 3.63) is 29.8 Å². The summed E-state index contributed by atoms with van der Waals surface area (Å²) in [6, 6.07) is 8.58. The number of hydrogen-bond donors (Lipinski definition) is 0. The predicted octanol–water partition coefficient (Wildman–Crippen LogP) is 2.09. The number of hydrogen-bond acceptors (Lipinski definition) is 2. The highest BCUT2D eigenvalue weighted by molar-refractivity contribution is 6.09. The van der Waals surface area contributed by atoms with E-state index in [0.717, 1.165) is 0 Å². The fourth-order valence-corrected chi connectivity index (χ4v) is 0.710. The Labute approximate surface area is 63.8 Å². The van der Waals surface area contributed by atoms with Gasteiger partial charge in [-0.1, -0.05) is 6.07 Å². The Bertz CT molecular complexity index is 267. The molecule has 0 aliphatic carbocycles. The molecule has 0 aromatic heterocycles. The van der Waals surface area contributed by atoms with Gasteiger partial charge in [-0.25, -0.2) is 0 Å². The third-order valence-electron chi connectivity index (χ3n) is 1.05. The van der Waals surface area contributed by atoms with Crippen LogP contribution in [0.15, 0.2) is 24.3 Å². The van der Waals surface area contributed by atoms with Crippen LogP contribution in [-0.2, 0) is 0 Å². The van der Waals surface area contributed by atoms with Gasteiger partial charge in [-0.2, -0.15) is 5.26 Å². The summed E-state index contributed by atoms with van der Waals surface area (Å²) in [6.07, 6.45) is 0. The lowest BCUT2D eigenvalue weighted by atomic mass is 10.2. The van der Waals surface area contributed by atoms with Crippen LogP contribution in [0.25, 0.3) is 0 Å².